The minimum Gasteiger partial charge on any atom is -0.485 e. The third-order valence-corrected chi connectivity index (χ3v) is 10.7. The molecule has 1 N–H and O–H groups in total. The van der Waals surface area contributed by atoms with E-state index in [-0.39, 0.29) is 103 Å². The molecule has 19 heteroatoms. The fourth-order valence-corrected chi connectivity index (χ4v) is 7.59. The van der Waals surface area contributed by atoms with Crippen LogP contribution in [0.15, 0.2) is 71.8 Å². The van der Waals surface area contributed by atoms with Crippen molar-refractivity contribution in [3.05, 3.63) is 128 Å². The molecule has 3 aromatic carbocycles. The van der Waals surface area contributed by atoms with Gasteiger partial charge in [-0.15, -0.1) is 5.10 Å². The molecular formula is C41H36ClF4N9O5. The van der Waals surface area contributed by atoms with Crippen LogP contribution in [0.1, 0.15) is 51.1 Å². The lowest BCUT2D eigenvalue weighted by Crippen LogP contribution is -2.51. The van der Waals surface area contributed by atoms with E-state index >= 15 is 4.39 Å². The Balaban J connectivity index is 1.12. The second kappa shape index (κ2) is 16.3. The van der Waals surface area contributed by atoms with Crippen LogP contribution >= 0.6 is 11.6 Å². The fourth-order valence-electron chi connectivity index (χ4n) is 7.36. The first kappa shape index (κ1) is 40.4. The normalized spacial score (nSPS) is 14.1. The highest BCUT2D eigenvalue weighted by atomic mass is 35.5. The second-order valence-corrected chi connectivity index (χ2v) is 14.6. The van der Waals surface area contributed by atoms with Crippen LogP contribution in [-0.4, -0.2) is 72.0 Å². The highest BCUT2D eigenvalue weighted by Crippen LogP contribution is 2.35. The van der Waals surface area contributed by atoms with E-state index in [4.69, 9.17) is 21.1 Å². The number of hydrogen-bond donors (Lipinski definition) is 1. The van der Waals surface area contributed by atoms with Gasteiger partial charge in [-0.2, -0.15) is 22.7 Å². The summed E-state index contributed by atoms with van der Waals surface area (Å²) in [6.07, 6.45) is -3.14. The van der Waals surface area contributed by atoms with Gasteiger partial charge in [0.05, 0.1) is 46.4 Å². The number of amides is 2. The van der Waals surface area contributed by atoms with Gasteiger partial charge in [-0.3, -0.25) is 14.4 Å². The van der Waals surface area contributed by atoms with Crippen molar-refractivity contribution in [2.24, 2.45) is 0 Å². The number of anilines is 2. The Labute approximate surface area is 344 Å². The number of carbonyl (C=O) groups excluding carboxylic acids is 2. The van der Waals surface area contributed by atoms with Crippen LogP contribution < -0.4 is 20.5 Å². The molecule has 2 aliphatic rings. The molecule has 0 unspecified atom stereocenters. The smallest absolute Gasteiger partial charge is 0.416 e. The molecule has 1 fully saturated rings. The average Bonchev–Trinajstić information content (AvgIpc) is 3.91. The number of nitrogens with one attached hydrogen (secondary N) is 1. The lowest BCUT2D eigenvalue weighted by molar-refractivity contribution is -0.137. The summed E-state index contributed by atoms with van der Waals surface area (Å²) in [7, 11) is 0. The van der Waals surface area contributed by atoms with E-state index in [1.54, 1.807) is 29.7 Å². The van der Waals surface area contributed by atoms with Crippen molar-refractivity contribution in [1.82, 2.24) is 34.0 Å². The van der Waals surface area contributed by atoms with Gasteiger partial charge >= 0.3 is 6.18 Å². The van der Waals surface area contributed by atoms with Gasteiger partial charge in [0.1, 0.15) is 31.0 Å². The molecule has 2 amide bonds. The standard InChI is InChI=1S/C41H36ClF4N9O5/c1-3-31-35(52-13-15-53(16-14-52)38(57)34-36(23(2)47-22-48-34)60-19-24-7-5-4-6-8-24)39(58)55-40(50-37(51-55)27-11-9-25-20-59-21-28(25)33(27)43)54(31)18-32(56)49-30-12-10-26(17-29(30)42)41(44,45)46/h4-12,17,22H,3,13-16,18-21H2,1-2H3,(H,49,56). The molecule has 0 saturated carbocycles. The zero-order valence-electron chi connectivity index (χ0n) is 32.2. The number of alkyl halides is 3. The third kappa shape index (κ3) is 7.75. The van der Waals surface area contributed by atoms with Crippen molar-refractivity contribution in [3.8, 4) is 17.1 Å². The quantitative estimate of drug-likeness (QED) is 0.157. The Morgan fingerprint density at radius 3 is 2.48 bits per heavy atom. The number of piperazine rings is 1. The molecule has 6 aromatic rings. The summed E-state index contributed by atoms with van der Waals surface area (Å²) in [6.45, 7) is 4.27. The summed E-state index contributed by atoms with van der Waals surface area (Å²) in [5, 5.41) is 6.67. The van der Waals surface area contributed by atoms with Crippen LogP contribution in [0.3, 0.4) is 0 Å². The highest BCUT2D eigenvalue weighted by Gasteiger charge is 2.33. The van der Waals surface area contributed by atoms with Gasteiger partial charge in [-0.25, -0.2) is 14.4 Å². The molecule has 1 saturated heterocycles. The highest BCUT2D eigenvalue weighted by molar-refractivity contribution is 6.33. The van der Waals surface area contributed by atoms with Gasteiger partial charge in [0.25, 0.3) is 11.5 Å². The molecule has 310 valence electrons. The SMILES string of the molecule is CCc1c(N2CCN(C(=O)c3ncnc(C)c3OCc3ccccc3)CC2)c(=O)n2nc(-c3ccc4c(c3F)COC4)nc2n1CC(=O)Nc1ccc(C(F)(F)F)cc1Cl. The predicted octanol–water partition coefficient (Wildman–Crippen LogP) is 6.24. The minimum atomic E-state index is -4.65. The van der Waals surface area contributed by atoms with Crippen LogP contribution in [0.25, 0.3) is 17.2 Å². The zero-order valence-corrected chi connectivity index (χ0v) is 33.0. The van der Waals surface area contributed by atoms with Gasteiger partial charge in [-0.05, 0) is 48.7 Å². The van der Waals surface area contributed by atoms with Crippen molar-refractivity contribution < 1.29 is 36.6 Å². The first-order valence-electron chi connectivity index (χ1n) is 18.9. The van der Waals surface area contributed by atoms with E-state index in [2.05, 4.69) is 25.4 Å². The Morgan fingerprint density at radius 2 is 1.77 bits per heavy atom. The molecular weight excluding hydrogens is 810 g/mol. The number of aryl methyl sites for hydroxylation is 1. The van der Waals surface area contributed by atoms with E-state index < -0.39 is 35.6 Å². The maximum Gasteiger partial charge on any atom is 0.416 e. The summed E-state index contributed by atoms with van der Waals surface area (Å²) in [5.74, 6) is -1.60. The first-order valence-corrected chi connectivity index (χ1v) is 19.3. The monoisotopic (exact) mass is 845 g/mol. The van der Waals surface area contributed by atoms with Crippen molar-refractivity contribution in [1.29, 1.82) is 0 Å². The maximum absolute atomic E-state index is 15.8. The number of nitrogens with zero attached hydrogens (tertiary/aromatic N) is 8. The Hall–Kier alpha value is -6.40. The average molecular weight is 846 g/mol. The van der Waals surface area contributed by atoms with Gasteiger partial charge in [0.15, 0.2) is 17.3 Å². The van der Waals surface area contributed by atoms with Crippen molar-refractivity contribution in [2.45, 2.75) is 52.8 Å². The van der Waals surface area contributed by atoms with Gasteiger partial charge in [-0.1, -0.05) is 54.9 Å². The summed E-state index contributed by atoms with van der Waals surface area (Å²) < 4.78 is 69.7. The number of aromatic nitrogens is 6. The van der Waals surface area contributed by atoms with E-state index in [0.29, 0.717) is 28.6 Å². The second-order valence-electron chi connectivity index (χ2n) is 14.2. The summed E-state index contributed by atoms with van der Waals surface area (Å²) in [6, 6.07) is 15.2. The predicted molar refractivity (Wildman–Crippen MR) is 211 cm³/mol. The largest absolute Gasteiger partial charge is 0.485 e. The lowest BCUT2D eigenvalue weighted by atomic mass is 10.0. The maximum atomic E-state index is 15.8. The number of benzene rings is 3. The number of ether oxygens (including phenoxy) is 2. The molecule has 0 atom stereocenters. The zero-order chi connectivity index (χ0) is 42.3. The molecule has 0 aliphatic carbocycles. The Kier molecular flexibility index (Phi) is 11.0. The summed E-state index contributed by atoms with van der Waals surface area (Å²) in [5.41, 5.74) is 1.46. The number of rotatable bonds is 10. The first-order chi connectivity index (χ1) is 28.8. The molecule has 3 aromatic heterocycles. The molecule has 0 spiro atoms. The summed E-state index contributed by atoms with van der Waals surface area (Å²) >= 11 is 6.16. The van der Waals surface area contributed by atoms with Gasteiger partial charge in [0, 0.05) is 31.7 Å². The molecule has 14 nitrogen and oxygen atoms in total. The van der Waals surface area contributed by atoms with E-state index in [0.717, 1.165) is 22.2 Å². The van der Waals surface area contributed by atoms with E-state index in [9.17, 15) is 27.6 Å². The minimum absolute atomic E-state index is 0.0219. The van der Waals surface area contributed by atoms with E-state index in [1.165, 1.54) is 17.0 Å². The molecule has 60 heavy (non-hydrogen) atoms. The van der Waals surface area contributed by atoms with Crippen molar-refractivity contribution >= 4 is 40.6 Å². The Bertz CT molecular complexity index is 2700. The molecule has 0 bridgehead atoms. The van der Waals surface area contributed by atoms with Crippen LogP contribution in [-0.2, 0) is 48.5 Å². The van der Waals surface area contributed by atoms with Crippen LogP contribution in [0.2, 0.25) is 5.02 Å². The Morgan fingerprint density at radius 1 is 1.00 bits per heavy atom. The number of hydrogen-bond acceptors (Lipinski definition) is 10. The van der Waals surface area contributed by atoms with Crippen molar-refractivity contribution in [2.75, 3.05) is 36.4 Å². The molecule has 2 aliphatic heterocycles. The third-order valence-electron chi connectivity index (χ3n) is 10.4. The topological polar surface area (TPSA) is 149 Å². The van der Waals surface area contributed by atoms with E-state index in [1.807, 2.05) is 30.3 Å². The fraction of sp³-hybridized carbons (Fsp3) is 0.293. The van der Waals surface area contributed by atoms with Crippen LogP contribution in [0.4, 0.5) is 28.9 Å². The van der Waals surface area contributed by atoms with Gasteiger partial charge in [0.2, 0.25) is 11.7 Å². The molecule has 0 radical (unpaired) electrons. The van der Waals surface area contributed by atoms with Crippen molar-refractivity contribution in [3.63, 3.8) is 0 Å². The number of fused-ring (bicyclic) bond motifs is 2. The molecule has 8 rings (SSSR count). The number of carbonyl (C=O) groups is 2. The van der Waals surface area contributed by atoms with Crippen LogP contribution in [0.5, 0.6) is 5.75 Å². The van der Waals surface area contributed by atoms with Crippen LogP contribution in [0, 0.1) is 12.7 Å². The summed E-state index contributed by atoms with van der Waals surface area (Å²) in [4.78, 5) is 58.6. The lowest BCUT2D eigenvalue weighted by Gasteiger charge is -2.36. The molecule has 5 heterocycles. The number of halogens is 5. The van der Waals surface area contributed by atoms with Gasteiger partial charge < -0.3 is 29.2 Å².